The molecule has 0 radical (unpaired) electrons. The van der Waals surface area contributed by atoms with E-state index in [2.05, 4.69) is 18.9 Å². The molecule has 1 aliphatic rings. The van der Waals surface area contributed by atoms with Gasteiger partial charge in [-0.05, 0) is 43.9 Å². The summed E-state index contributed by atoms with van der Waals surface area (Å²) in [6, 6.07) is 0.300. The zero-order valence-corrected chi connectivity index (χ0v) is 12.6. The van der Waals surface area contributed by atoms with E-state index < -0.39 is 0 Å². The first kappa shape index (κ1) is 13.9. The van der Waals surface area contributed by atoms with Crippen LogP contribution in [0.3, 0.4) is 0 Å². The van der Waals surface area contributed by atoms with Crippen molar-refractivity contribution in [3.8, 4) is 0 Å². The lowest BCUT2D eigenvalue weighted by Gasteiger charge is -2.39. The first-order chi connectivity index (χ1) is 8.30. The maximum Gasteiger partial charge on any atom is 0.130 e. The van der Waals surface area contributed by atoms with Gasteiger partial charge in [0.1, 0.15) is 5.15 Å². The Hall–Kier alpha value is -0.540. The van der Waals surface area contributed by atoms with Crippen molar-refractivity contribution in [1.82, 2.24) is 9.78 Å². The normalized spacial score (nSPS) is 27.4. The van der Waals surface area contributed by atoms with Crippen molar-refractivity contribution in [3.05, 3.63) is 16.4 Å². The Morgan fingerprint density at radius 3 is 2.72 bits per heavy atom. The summed E-state index contributed by atoms with van der Waals surface area (Å²) in [6.45, 7) is 6.70. The number of aromatic nitrogens is 2. The van der Waals surface area contributed by atoms with Gasteiger partial charge in [0.25, 0.3) is 0 Å². The van der Waals surface area contributed by atoms with Gasteiger partial charge in [0, 0.05) is 18.7 Å². The van der Waals surface area contributed by atoms with E-state index in [0.717, 1.165) is 23.7 Å². The summed E-state index contributed by atoms with van der Waals surface area (Å²) in [6.07, 6.45) is 4.49. The van der Waals surface area contributed by atoms with E-state index in [4.69, 9.17) is 17.3 Å². The van der Waals surface area contributed by atoms with Crippen LogP contribution in [-0.4, -0.2) is 15.8 Å². The molecular formula is C14H24ClN3. The SMILES string of the molecule is Cc1nn(C)c(Cl)c1CC1CC(C)(C)CCC1N. The molecular weight excluding hydrogens is 246 g/mol. The standard InChI is InChI=1S/C14H24ClN3/c1-9-11(13(15)18(4)17-9)7-10-8-14(2,3)6-5-12(10)16/h10,12H,5-8,16H2,1-4H3. The van der Waals surface area contributed by atoms with Crippen molar-refractivity contribution in [3.63, 3.8) is 0 Å². The summed E-state index contributed by atoms with van der Waals surface area (Å²) in [5, 5.41) is 5.15. The fraction of sp³-hybridized carbons (Fsp3) is 0.786. The molecule has 1 aliphatic carbocycles. The average Bonchev–Trinajstić information content (AvgIpc) is 2.50. The number of rotatable bonds is 2. The quantitative estimate of drug-likeness (QED) is 0.897. The number of hydrogen-bond donors (Lipinski definition) is 1. The highest BCUT2D eigenvalue weighted by atomic mass is 35.5. The monoisotopic (exact) mass is 269 g/mol. The molecule has 0 saturated heterocycles. The molecule has 0 aliphatic heterocycles. The van der Waals surface area contributed by atoms with Crippen LogP contribution in [0.4, 0.5) is 0 Å². The summed E-state index contributed by atoms with van der Waals surface area (Å²) in [4.78, 5) is 0. The highest BCUT2D eigenvalue weighted by Gasteiger charge is 2.33. The van der Waals surface area contributed by atoms with Crippen LogP contribution in [0.25, 0.3) is 0 Å². The predicted molar refractivity (Wildman–Crippen MR) is 75.8 cm³/mol. The van der Waals surface area contributed by atoms with Gasteiger partial charge >= 0.3 is 0 Å². The van der Waals surface area contributed by atoms with Crippen LogP contribution in [0.5, 0.6) is 0 Å². The molecule has 0 bridgehead atoms. The summed E-state index contributed by atoms with van der Waals surface area (Å²) in [7, 11) is 1.89. The Morgan fingerprint density at radius 2 is 2.17 bits per heavy atom. The van der Waals surface area contributed by atoms with E-state index in [1.165, 1.54) is 18.4 Å². The van der Waals surface area contributed by atoms with E-state index in [1.54, 1.807) is 4.68 Å². The van der Waals surface area contributed by atoms with Crippen LogP contribution in [0, 0.1) is 18.3 Å². The second-order valence-electron chi connectivity index (χ2n) is 6.51. The maximum atomic E-state index is 6.31. The third-order valence-electron chi connectivity index (χ3n) is 4.31. The van der Waals surface area contributed by atoms with E-state index >= 15 is 0 Å². The Labute approximate surface area is 115 Å². The minimum Gasteiger partial charge on any atom is -0.327 e. The summed E-state index contributed by atoms with van der Waals surface area (Å²) >= 11 is 6.31. The molecule has 4 heteroatoms. The van der Waals surface area contributed by atoms with Crippen LogP contribution < -0.4 is 5.73 Å². The van der Waals surface area contributed by atoms with Gasteiger partial charge in [-0.1, -0.05) is 25.4 Å². The Morgan fingerprint density at radius 1 is 1.50 bits per heavy atom. The van der Waals surface area contributed by atoms with Crippen molar-refractivity contribution < 1.29 is 0 Å². The summed E-state index contributed by atoms with van der Waals surface area (Å²) < 4.78 is 1.76. The molecule has 0 spiro atoms. The molecule has 102 valence electrons. The van der Waals surface area contributed by atoms with Gasteiger partial charge in [-0.2, -0.15) is 5.10 Å². The first-order valence-corrected chi connectivity index (χ1v) is 7.11. The topological polar surface area (TPSA) is 43.8 Å². The van der Waals surface area contributed by atoms with E-state index in [1.807, 2.05) is 14.0 Å². The lowest BCUT2D eigenvalue weighted by molar-refractivity contribution is 0.157. The zero-order valence-electron chi connectivity index (χ0n) is 11.8. The molecule has 1 fully saturated rings. The number of nitrogens with two attached hydrogens (primary N) is 1. The Balaban J connectivity index is 2.17. The number of hydrogen-bond acceptors (Lipinski definition) is 2. The molecule has 1 saturated carbocycles. The molecule has 18 heavy (non-hydrogen) atoms. The average molecular weight is 270 g/mol. The van der Waals surface area contributed by atoms with E-state index in [0.29, 0.717) is 17.4 Å². The smallest absolute Gasteiger partial charge is 0.130 e. The molecule has 2 atom stereocenters. The summed E-state index contributed by atoms with van der Waals surface area (Å²) in [5.74, 6) is 0.522. The van der Waals surface area contributed by atoms with Gasteiger partial charge in [0.05, 0.1) is 5.69 Å². The highest BCUT2D eigenvalue weighted by Crippen LogP contribution is 2.40. The minimum atomic E-state index is 0.300. The second-order valence-corrected chi connectivity index (χ2v) is 6.87. The lowest BCUT2D eigenvalue weighted by atomic mass is 9.68. The van der Waals surface area contributed by atoms with E-state index in [9.17, 15) is 0 Å². The first-order valence-electron chi connectivity index (χ1n) is 6.74. The fourth-order valence-electron chi connectivity index (χ4n) is 3.15. The van der Waals surface area contributed by atoms with Gasteiger partial charge < -0.3 is 5.73 Å². The minimum absolute atomic E-state index is 0.300. The van der Waals surface area contributed by atoms with Crippen LogP contribution in [0.2, 0.25) is 5.15 Å². The van der Waals surface area contributed by atoms with Crippen LogP contribution in [0.1, 0.15) is 44.4 Å². The van der Waals surface area contributed by atoms with Crippen molar-refractivity contribution in [2.24, 2.45) is 24.1 Å². The molecule has 1 aromatic rings. The summed E-state index contributed by atoms with van der Waals surface area (Å²) in [5.41, 5.74) is 8.91. The molecule has 0 aromatic carbocycles. The van der Waals surface area contributed by atoms with Gasteiger partial charge in [-0.15, -0.1) is 0 Å². The fourth-order valence-corrected chi connectivity index (χ4v) is 3.40. The molecule has 2 N–H and O–H groups in total. The van der Waals surface area contributed by atoms with Gasteiger partial charge in [-0.3, -0.25) is 4.68 Å². The van der Waals surface area contributed by atoms with Crippen molar-refractivity contribution in [2.45, 2.75) is 52.5 Å². The molecule has 3 nitrogen and oxygen atoms in total. The van der Waals surface area contributed by atoms with Crippen LogP contribution in [-0.2, 0) is 13.5 Å². The van der Waals surface area contributed by atoms with E-state index in [-0.39, 0.29) is 0 Å². The van der Waals surface area contributed by atoms with Gasteiger partial charge in [0.2, 0.25) is 0 Å². The number of aryl methyl sites for hydroxylation is 2. The van der Waals surface area contributed by atoms with Gasteiger partial charge in [-0.25, -0.2) is 0 Å². The largest absolute Gasteiger partial charge is 0.327 e. The predicted octanol–water partition coefficient (Wildman–Crippen LogP) is 3.08. The maximum absolute atomic E-state index is 6.31. The molecule has 2 rings (SSSR count). The number of halogens is 1. The van der Waals surface area contributed by atoms with Crippen molar-refractivity contribution >= 4 is 11.6 Å². The van der Waals surface area contributed by atoms with Crippen LogP contribution >= 0.6 is 11.6 Å². The molecule has 1 aromatic heterocycles. The second kappa shape index (κ2) is 4.86. The van der Waals surface area contributed by atoms with Crippen molar-refractivity contribution in [1.29, 1.82) is 0 Å². The van der Waals surface area contributed by atoms with Crippen molar-refractivity contribution in [2.75, 3.05) is 0 Å². The Kier molecular flexibility index (Phi) is 3.75. The molecule has 2 unspecified atom stereocenters. The lowest BCUT2D eigenvalue weighted by Crippen LogP contribution is -2.40. The highest BCUT2D eigenvalue weighted by molar-refractivity contribution is 6.30. The third-order valence-corrected chi connectivity index (χ3v) is 4.78. The zero-order chi connectivity index (χ0) is 13.5. The van der Waals surface area contributed by atoms with Crippen LogP contribution in [0.15, 0.2) is 0 Å². The number of nitrogens with zero attached hydrogens (tertiary/aromatic N) is 2. The molecule has 0 amide bonds. The molecule has 1 heterocycles. The van der Waals surface area contributed by atoms with Gasteiger partial charge in [0.15, 0.2) is 0 Å². The Bertz CT molecular complexity index is 436. The third kappa shape index (κ3) is 2.72.